The summed E-state index contributed by atoms with van der Waals surface area (Å²) in [4.78, 5) is 23.5. The molecule has 0 rings (SSSR count). The van der Waals surface area contributed by atoms with Crippen LogP contribution in [0, 0.1) is 5.92 Å². The van der Waals surface area contributed by atoms with Gasteiger partial charge in [0.1, 0.15) is 0 Å². The van der Waals surface area contributed by atoms with Crippen LogP contribution in [0.1, 0.15) is 65.7 Å². The molecule has 0 bridgehead atoms. The van der Waals surface area contributed by atoms with Crippen LogP contribution < -0.4 is 0 Å². The molecule has 0 aromatic rings. The maximum atomic E-state index is 11.8. The number of hydrogen-bond acceptors (Lipinski definition) is 4. The third kappa shape index (κ3) is 9.51. The molecule has 4 nitrogen and oxygen atoms in total. The SMILES string of the molecule is CCCCOC(=O)CC(CCC)C(=O)OCCCC. The van der Waals surface area contributed by atoms with Crippen LogP contribution in [0.15, 0.2) is 0 Å². The lowest BCUT2D eigenvalue weighted by molar-refractivity contribution is -0.155. The van der Waals surface area contributed by atoms with Gasteiger partial charge in [-0.15, -0.1) is 0 Å². The van der Waals surface area contributed by atoms with E-state index in [1.54, 1.807) is 0 Å². The zero-order valence-electron chi connectivity index (χ0n) is 12.6. The van der Waals surface area contributed by atoms with Crippen LogP contribution in [-0.2, 0) is 19.1 Å². The summed E-state index contributed by atoms with van der Waals surface area (Å²) in [6.07, 6.45) is 5.39. The number of carbonyl (C=O) groups is 2. The van der Waals surface area contributed by atoms with Gasteiger partial charge in [-0.05, 0) is 19.3 Å². The van der Waals surface area contributed by atoms with E-state index in [1.807, 2.05) is 20.8 Å². The average molecular weight is 272 g/mol. The van der Waals surface area contributed by atoms with Gasteiger partial charge in [0.05, 0.1) is 25.6 Å². The summed E-state index contributed by atoms with van der Waals surface area (Å²) in [5.41, 5.74) is 0. The van der Waals surface area contributed by atoms with Crippen molar-refractivity contribution in [2.45, 2.75) is 65.7 Å². The Kier molecular flexibility index (Phi) is 11.3. The molecule has 0 aliphatic rings. The molecule has 0 heterocycles. The predicted octanol–water partition coefficient (Wildman–Crippen LogP) is 3.48. The highest BCUT2D eigenvalue weighted by Gasteiger charge is 2.23. The molecule has 0 aliphatic heterocycles. The maximum Gasteiger partial charge on any atom is 0.309 e. The maximum absolute atomic E-state index is 11.8. The molecule has 0 aromatic carbocycles. The van der Waals surface area contributed by atoms with Gasteiger partial charge in [0.2, 0.25) is 0 Å². The fraction of sp³-hybridized carbons (Fsp3) is 0.867. The van der Waals surface area contributed by atoms with Crippen LogP contribution in [0.5, 0.6) is 0 Å². The number of rotatable bonds is 11. The molecule has 0 saturated heterocycles. The van der Waals surface area contributed by atoms with Gasteiger partial charge in [-0.3, -0.25) is 9.59 Å². The van der Waals surface area contributed by atoms with E-state index < -0.39 is 0 Å². The number of ether oxygens (including phenoxy) is 2. The second-order valence-electron chi connectivity index (χ2n) is 4.78. The van der Waals surface area contributed by atoms with E-state index in [9.17, 15) is 9.59 Å². The van der Waals surface area contributed by atoms with Crippen LogP contribution in [0.3, 0.4) is 0 Å². The van der Waals surface area contributed by atoms with E-state index in [-0.39, 0.29) is 24.3 Å². The molecule has 0 aliphatic carbocycles. The van der Waals surface area contributed by atoms with Crippen LogP contribution >= 0.6 is 0 Å². The Labute approximate surface area is 116 Å². The summed E-state index contributed by atoms with van der Waals surface area (Å²) in [6, 6.07) is 0. The third-order valence-corrected chi connectivity index (χ3v) is 2.89. The lowest BCUT2D eigenvalue weighted by Gasteiger charge is -2.14. The number of unbranched alkanes of at least 4 members (excludes halogenated alkanes) is 2. The van der Waals surface area contributed by atoms with Crippen molar-refractivity contribution in [2.75, 3.05) is 13.2 Å². The standard InChI is InChI=1S/C15H28O4/c1-4-7-10-18-14(16)12-13(9-6-3)15(17)19-11-8-5-2/h13H,4-12H2,1-3H3. The van der Waals surface area contributed by atoms with Gasteiger partial charge in [0.25, 0.3) is 0 Å². The minimum Gasteiger partial charge on any atom is -0.466 e. The van der Waals surface area contributed by atoms with E-state index in [4.69, 9.17) is 9.47 Å². The molecule has 4 heteroatoms. The Morgan fingerprint density at radius 2 is 1.47 bits per heavy atom. The summed E-state index contributed by atoms with van der Waals surface area (Å²) >= 11 is 0. The summed E-state index contributed by atoms with van der Waals surface area (Å²) in [5.74, 6) is -0.905. The van der Waals surface area contributed by atoms with Crippen molar-refractivity contribution in [3.05, 3.63) is 0 Å². The molecular formula is C15H28O4. The molecule has 0 N–H and O–H groups in total. The van der Waals surface area contributed by atoms with Crippen LogP contribution in [-0.4, -0.2) is 25.2 Å². The normalized spacial score (nSPS) is 11.9. The first kappa shape index (κ1) is 17.9. The quantitative estimate of drug-likeness (QED) is 0.427. The molecule has 19 heavy (non-hydrogen) atoms. The zero-order chi connectivity index (χ0) is 14.5. The van der Waals surface area contributed by atoms with Crippen molar-refractivity contribution in [3.63, 3.8) is 0 Å². The minimum absolute atomic E-state index is 0.141. The number of hydrogen-bond donors (Lipinski definition) is 0. The summed E-state index contributed by atoms with van der Waals surface area (Å²) in [6.45, 7) is 6.97. The topological polar surface area (TPSA) is 52.6 Å². The van der Waals surface area contributed by atoms with Gasteiger partial charge < -0.3 is 9.47 Å². The summed E-state index contributed by atoms with van der Waals surface area (Å²) in [7, 11) is 0. The van der Waals surface area contributed by atoms with Gasteiger partial charge in [-0.2, -0.15) is 0 Å². The van der Waals surface area contributed by atoms with E-state index in [0.717, 1.165) is 32.1 Å². The van der Waals surface area contributed by atoms with Crippen LogP contribution in [0.4, 0.5) is 0 Å². The van der Waals surface area contributed by atoms with E-state index >= 15 is 0 Å². The lowest BCUT2D eigenvalue weighted by atomic mass is 10.0. The molecule has 0 radical (unpaired) electrons. The monoisotopic (exact) mass is 272 g/mol. The second kappa shape index (κ2) is 12.0. The van der Waals surface area contributed by atoms with Crippen LogP contribution in [0.25, 0.3) is 0 Å². The first-order chi connectivity index (χ1) is 9.15. The molecule has 0 saturated carbocycles. The van der Waals surface area contributed by atoms with Crippen molar-refractivity contribution in [1.82, 2.24) is 0 Å². The van der Waals surface area contributed by atoms with E-state index in [2.05, 4.69) is 0 Å². The highest BCUT2D eigenvalue weighted by atomic mass is 16.5. The first-order valence-corrected chi connectivity index (χ1v) is 7.47. The smallest absolute Gasteiger partial charge is 0.309 e. The van der Waals surface area contributed by atoms with Gasteiger partial charge in [0, 0.05) is 0 Å². The molecule has 0 amide bonds. The van der Waals surface area contributed by atoms with Gasteiger partial charge in [0.15, 0.2) is 0 Å². The van der Waals surface area contributed by atoms with Crippen molar-refractivity contribution in [1.29, 1.82) is 0 Å². The molecular weight excluding hydrogens is 244 g/mol. The molecule has 1 atom stereocenters. The number of carbonyl (C=O) groups excluding carboxylic acids is 2. The summed E-state index contributed by atoms with van der Waals surface area (Å²) in [5, 5.41) is 0. The average Bonchev–Trinajstić information content (AvgIpc) is 2.38. The predicted molar refractivity (Wildman–Crippen MR) is 74.7 cm³/mol. The molecule has 0 fully saturated rings. The Bertz CT molecular complexity index is 251. The Hall–Kier alpha value is -1.06. The second-order valence-corrected chi connectivity index (χ2v) is 4.78. The Morgan fingerprint density at radius 3 is 2.00 bits per heavy atom. The van der Waals surface area contributed by atoms with Crippen molar-refractivity contribution in [2.24, 2.45) is 5.92 Å². The third-order valence-electron chi connectivity index (χ3n) is 2.89. The van der Waals surface area contributed by atoms with E-state index in [1.165, 1.54) is 0 Å². The zero-order valence-corrected chi connectivity index (χ0v) is 12.6. The highest BCUT2D eigenvalue weighted by molar-refractivity contribution is 5.79. The van der Waals surface area contributed by atoms with Crippen LogP contribution in [0.2, 0.25) is 0 Å². The lowest BCUT2D eigenvalue weighted by Crippen LogP contribution is -2.22. The molecule has 0 spiro atoms. The molecule has 0 aromatic heterocycles. The van der Waals surface area contributed by atoms with Crippen molar-refractivity contribution in [3.8, 4) is 0 Å². The Morgan fingerprint density at radius 1 is 0.895 bits per heavy atom. The summed E-state index contributed by atoms with van der Waals surface area (Å²) < 4.78 is 10.3. The van der Waals surface area contributed by atoms with Gasteiger partial charge >= 0.3 is 11.9 Å². The molecule has 112 valence electrons. The van der Waals surface area contributed by atoms with E-state index in [0.29, 0.717) is 19.6 Å². The first-order valence-electron chi connectivity index (χ1n) is 7.47. The fourth-order valence-corrected chi connectivity index (χ4v) is 1.68. The minimum atomic E-state index is -0.351. The fourth-order valence-electron chi connectivity index (χ4n) is 1.68. The van der Waals surface area contributed by atoms with Gasteiger partial charge in [-0.25, -0.2) is 0 Å². The van der Waals surface area contributed by atoms with Crippen molar-refractivity contribution >= 4 is 11.9 Å². The van der Waals surface area contributed by atoms with Gasteiger partial charge in [-0.1, -0.05) is 40.0 Å². The highest BCUT2D eigenvalue weighted by Crippen LogP contribution is 2.15. The van der Waals surface area contributed by atoms with Crippen molar-refractivity contribution < 1.29 is 19.1 Å². The molecule has 1 unspecified atom stereocenters. The Balaban J connectivity index is 4.08. The largest absolute Gasteiger partial charge is 0.466 e. The number of esters is 2.